The summed E-state index contributed by atoms with van der Waals surface area (Å²) in [5, 5.41) is 0.638. The van der Waals surface area contributed by atoms with Crippen LogP contribution in [0.5, 0.6) is 0 Å². The fourth-order valence-corrected chi connectivity index (χ4v) is 4.75. The van der Waals surface area contributed by atoms with Crippen LogP contribution in [-0.2, 0) is 19.1 Å². The van der Waals surface area contributed by atoms with Gasteiger partial charge in [0.1, 0.15) is 0 Å². The molecule has 0 saturated carbocycles. The molecule has 1 aromatic carbocycles. The Morgan fingerprint density at radius 3 is 2.69 bits per heavy atom. The van der Waals surface area contributed by atoms with Crippen molar-refractivity contribution in [1.82, 2.24) is 9.47 Å². The van der Waals surface area contributed by atoms with Crippen LogP contribution in [0.15, 0.2) is 47.2 Å². The maximum absolute atomic E-state index is 13.4. The van der Waals surface area contributed by atoms with Gasteiger partial charge in [-0.25, -0.2) is 4.79 Å². The van der Waals surface area contributed by atoms with Crippen LogP contribution in [-0.4, -0.2) is 47.7 Å². The molecule has 1 saturated heterocycles. The number of carbonyl (C=O) groups excluding carboxylic acids is 2. The third-order valence-corrected chi connectivity index (χ3v) is 6.49. The summed E-state index contributed by atoms with van der Waals surface area (Å²) >= 11 is 6.43. The van der Waals surface area contributed by atoms with Crippen LogP contribution in [0.1, 0.15) is 36.7 Å². The largest absolute Gasteiger partial charge is 0.465 e. The number of hydrogen-bond donors (Lipinski definition) is 0. The average Bonchev–Trinajstić information content (AvgIpc) is 3.44. The number of nitrogens with zero attached hydrogens (tertiary/aromatic N) is 2. The highest BCUT2D eigenvalue weighted by Crippen LogP contribution is 2.34. The molecule has 1 fully saturated rings. The van der Waals surface area contributed by atoms with Gasteiger partial charge in [-0.15, -0.1) is 0 Å². The van der Waals surface area contributed by atoms with E-state index in [1.54, 1.807) is 17.9 Å². The highest BCUT2D eigenvalue weighted by molar-refractivity contribution is 6.32. The molecule has 0 aliphatic carbocycles. The number of allylic oxidation sites excluding steroid dienone is 1. The minimum atomic E-state index is -0.517. The van der Waals surface area contributed by atoms with Gasteiger partial charge in [-0.05, 0) is 63.5 Å². The van der Waals surface area contributed by atoms with E-state index in [4.69, 9.17) is 21.1 Å². The van der Waals surface area contributed by atoms with Crippen LogP contribution in [0, 0.1) is 13.8 Å². The highest BCUT2D eigenvalue weighted by atomic mass is 35.5. The second kappa shape index (κ2) is 8.96. The van der Waals surface area contributed by atoms with Crippen molar-refractivity contribution in [1.29, 1.82) is 0 Å². The molecule has 0 unspecified atom stereocenters. The molecule has 32 heavy (non-hydrogen) atoms. The summed E-state index contributed by atoms with van der Waals surface area (Å²) in [5.41, 5.74) is 4.86. The van der Waals surface area contributed by atoms with E-state index in [9.17, 15) is 9.59 Å². The van der Waals surface area contributed by atoms with Crippen LogP contribution in [0.4, 0.5) is 0 Å². The molecular weight excluding hydrogens is 428 g/mol. The highest BCUT2D eigenvalue weighted by Gasteiger charge is 2.38. The molecule has 0 spiro atoms. The Morgan fingerprint density at radius 2 is 2.03 bits per heavy atom. The van der Waals surface area contributed by atoms with Crippen LogP contribution in [0.2, 0.25) is 5.02 Å². The Hall–Kier alpha value is -2.83. The standard InChI is InChI=1S/C25H27ClN2O4/c1-15-12-18(16(2)28(15)22-10-6-5-9-21(22)26)13-20-23(25(30)31-4)17(3)27(24(20)29)14-19-8-7-11-32-19/h5-6,9-10,12-13,19H,7-8,11,14H2,1-4H3/b20-13-/t19-/m1/s1. The van der Waals surface area contributed by atoms with E-state index in [2.05, 4.69) is 0 Å². The molecular formula is C25H27ClN2O4. The summed E-state index contributed by atoms with van der Waals surface area (Å²) in [6, 6.07) is 9.61. The topological polar surface area (TPSA) is 60.8 Å². The van der Waals surface area contributed by atoms with Gasteiger partial charge in [-0.2, -0.15) is 0 Å². The normalized spacial score (nSPS) is 20.0. The Balaban J connectivity index is 1.77. The van der Waals surface area contributed by atoms with Gasteiger partial charge >= 0.3 is 5.97 Å². The number of carbonyl (C=O) groups is 2. The monoisotopic (exact) mass is 454 g/mol. The summed E-state index contributed by atoms with van der Waals surface area (Å²) < 4.78 is 12.8. The quantitative estimate of drug-likeness (QED) is 0.489. The van der Waals surface area contributed by atoms with Crippen molar-refractivity contribution in [2.75, 3.05) is 20.3 Å². The minimum Gasteiger partial charge on any atom is -0.465 e. The number of rotatable bonds is 5. The van der Waals surface area contributed by atoms with E-state index in [0.717, 1.165) is 35.5 Å². The first kappa shape index (κ1) is 22.4. The summed E-state index contributed by atoms with van der Waals surface area (Å²) in [7, 11) is 1.33. The van der Waals surface area contributed by atoms with Gasteiger partial charge in [0.2, 0.25) is 0 Å². The van der Waals surface area contributed by atoms with E-state index in [1.165, 1.54) is 7.11 Å². The van der Waals surface area contributed by atoms with Gasteiger partial charge in [0.25, 0.3) is 5.91 Å². The molecule has 0 bridgehead atoms. The number of aromatic nitrogens is 1. The van der Waals surface area contributed by atoms with Crippen molar-refractivity contribution in [2.45, 2.75) is 39.7 Å². The molecule has 7 heteroatoms. The number of halogens is 1. The van der Waals surface area contributed by atoms with Crippen molar-refractivity contribution >= 4 is 29.6 Å². The Kier molecular flexibility index (Phi) is 6.26. The van der Waals surface area contributed by atoms with Crippen LogP contribution in [0.3, 0.4) is 0 Å². The molecule has 1 aromatic heterocycles. The van der Waals surface area contributed by atoms with Crippen molar-refractivity contribution in [2.24, 2.45) is 0 Å². The molecule has 168 valence electrons. The van der Waals surface area contributed by atoms with E-state index in [0.29, 0.717) is 35.0 Å². The lowest BCUT2D eigenvalue weighted by atomic mass is 10.0. The summed E-state index contributed by atoms with van der Waals surface area (Å²) in [6.45, 7) is 6.88. The van der Waals surface area contributed by atoms with E-state index in [-0.39, 0.29) is 12.0 Å². The first-order chi connectivity index (χ1) is 15.3. The number of para-hydroxylation sites is 1. The summed E-state index contributed by atoms with van der Waals surface area (Å²) in [5.74, 6) is -0.724. The molecule has 2 aliphatic rings. The minimum absolute atomic E-state index is 0.0163. The molecule has 3 heterocycles. The first-order valence-electron chi connectivity index (χ1n) is 10.7. The number of amides is 1. The van der Waals surface area contributed by atoms with Crippen molar-refractivity contribution < 1.29 is 19.1 Å². The molecule has 4 rings (SSSR count). The Labute approximate surface area is 193 Å². The molecule has 2 aliphatic heterocycles. The predicted octanol–water partition coefficient (Wildman–Crippen LogP) is 4.60. The molecule has 0 radical (unpaired) electrons. The lowest BCUT2D eigenvalue weighted by Gasteiger charge is -2.21. The molecule has 0 N–H and O–H groups in total. The number of ether oxygens (including phenoxy) is 2. The van der Waals surface area contributed by atoms with Crippen LogP contribution < -0.4 is 0 Å². The third-order valence-electron chi connectivity index (χ3n) is 6.17. The van der Waals surface area contributed by atoms with Crippen molar-refractivity contribution in [3.63, 3.8) is 0 Å². The number of hydrogen-bond acceptors (Lipinski definition) is 4. The van der Waals surface area contributed by atoms with Gasteiger partial charge in [0.05, 0.1) is 41.6 Å². The van der Waals surface area contributed by atoms with Crippen molar-refractivity contribution in [3.8, 4) is 5.69 Å². The fourth-order valence-electron chi connectivity index (χ4n) is 4.53. The van der Waals surface area contributed by atoms with Gasteiger partial charge < -0.3 is 18.9 Å². The smallest absolute Gasteiger partial charge is 0.340 e. The van der Waals surface area contributed by atoms with Crippen LogP contribution >= 0.6 is 11.6 Å². The molecule has 1 atom stereocenters. The third kappa shape index (κ3) is 3.89. The van der Waals surface area contributed by atoms with Crippen LogP contribution in [0.25, 0.3) is 11.8 Å². The Bertz CT molecular complexity index is 1140. The number of esters is 1. The zero-order valence-electron chi connectivity index (χ0n) is 18.8. The zero-order chi connectivity index (χ0) is 23.0. The van der Waals surface area contributed by atoms with E-state index < -0.39 is 5.97 Å². The fraction of sp³-hybridized carbons (Fsp3) is 0.360. The lowest BCUT2D eigenvalue weighted by molar-refractivity contribution is -0.136. The molecule has 1 amide bonds. The maximum Gasteiger partial charge on any atom is 0.340 e. The molecule has 2 aromatic rings. The summed E-state index contributed by atoms with van der Waals surface area (Å²) in [4.78, 5) is 27.7. The Morgan fingerprint density at radius 1 is 1.28 bits per heavy atom. The zero-order valence-corrected chi connectivity index (χ0v) is 19.5. The van der Waals surface area contributed by atoms with Gasteiger partial charge in [-0.1, -0.05) is 23.7 Å². The predicted molar refractivity (Wildman–Crippen MR) is 124 cm³/mol. The SMILES string of the molecule is COC(=O)C1=C(C)N(C[C@H]2CCCO2)C(=O)/C1=C\c1cc(C)n(-c2ccccc2Cl)c1C. The van der Waals surface area contributed by atoms with Gasteiger partial charge in [-0.3, -0.25) is 4.79 Å². The second-order valence-electron chi connectivity index (χ2n) is 8.17. The number of aryl methyl sites for hydroxylation is 1. The summed E-state index contributed by atoms with van der Waals surface area (Å²) in [6.07, 6.45) is 3.65. The number of benzene rings is 1. The van der Waals surface area contributed by atoms with E-state index in [1.807, 2.05) is 48.7 Å². The maximum atomic E-state index is 13.4. The lowest BCUT2D eigenvalue weighted by Crippen LogP contribution is -2.33. The molecule has 6 nitrogen and oxygen atoms in total. The number of methoxy groups -OCH3 is 1. The van der Waals surface area contributed by atoms with Gasteiger partial charge in [0.15, 0.2) is 0 Å². The van der Waals surface area contributed by atoms with Crippen molar-refractivity contribution in [3.05, 3.63) is 69.1 Å². The second-order valence-corrected chi connectivity index (χ2v) is 8.58. The van der Waals surface area contributed by atoms with Gasteiger partial charge in [0, 0.05) is 23.7 Å². The first-order valence-corrected chi connectivity index (χ1v) is 11.1. The van der Waals surface area contributed by atoms with E-state index >= 15 is 0 Å². The average molecular weight is 455 g/mol.